The number of halogens is 2. The Morgan fingerprint density at radius 3 is 2.84 bits per heavy atom. The van der Waals surface area contributed by atoms with Crippen LogP contribution in [0.4, 0.5) is 0 Å². The Balaban J connectivity index is 1.90. The van der Waals surface area contributed by atoms with E-state index in [9.17, 15) is 4.79 Å². The predicted octanol–water partition coefficient (Wildman–Crippen LogP) is 3.75. The van der Waals surface area contributed by atoms with Crippen molar-refractivity contribution in [2.45, 2.75) is 26.3 Å². The van der Waals surface area contributed by atoms with Crippen LogP contribution >= 0.6 is 34.5 Å². The second-order valence-electron chi connectivity index (χ2n) is 6.83. The van der Waals surface area contributed by atoms with Crippen molar-refractivity contribution < 1.29 is 10.1 Å². The fourth-order valence-corrected chi connectivity index (χ4v) is 4.72. The largest absolute Gasteiger partial charge is 0.338 e. The summed E-state index contributed by atoms with van der Waals surface area (Å²) in [7, 11) is 0. The zero-order valence-corrected chi connectivity index (χ0v) is 16.8. The minimum absolute atomic E-state index is 0.125. The summed E-state index contributed by atoms with van der Waals surface area (Å²) >= 11 is 14.3. The maximum atomic E-state index is 12.9. The molecular formula is C19H23Cl2N2OS+. The van der Waals surface area contributed by atoms with Crippen molar-refractivity contribution in [3.8, 4) is 0 Å². The zero-order chi connectivity index (χ0) is 18.0. The van der Waals surface area contributed by atoms with Gasteiger partial charge in [0.2, 0.25) is 0 Å². The lowest BCUT2D eigenvalue weighted by Crippen LogP contribution is -2.87. The molecule has 2 aromatic rings. The van der Waals surface area contributed by atoms with Gasteiger partial charge in [0, 0.05) is 27.4 Å². The van der Waals surface area contributed by atoms with Crippen molar-refractivity contribution in [2.24, 2.45) is 5.92 Å². The van der Waals surface area contributed by atoms with Gasteiger partial charge in [-0.3, -0.25) is 4.79 Å². The van der Waals surface area contributed by atoms with Gasteiger partial charge in [0.25, 0.3) is 5.91 Å². The molecule has 0 saturated heterocycles. The second kappa shape index (κ2) is 8.09. The average molecular weight is 398 g/mol. The summed E-state index contributed by atoms with van der Waals surface area (Å²) in [5.74, 6) is 0.729. The van der Waals surface area contributed by atoms with Crippen LogP contribution in [0.5, 0.6) is 0 Å². The summed E-state index contributed by atoms with van der Waals surface area (Å²) in [6.07, 6.45) is 0.907. The summed E-state index contributed by atoms with van der Waals surface area (Å²) in [6, 6.07) is 7.54. The van der Waals surface area contributed by atoms with Gasteiger partial charge in [0.05, 0.1) is 12.6 Å². The van der Waals surface area contributed by atoms with E-state index in [0.717, 1.165) is 25.1 Å². The molecule has 0 saturated carbocycles. The molecule has 1 aromatic heterocycles. The van der Waals surface area contributed by atoms with Crippen molar-refractivity contribution >= 4 is 40.4 Å². The zero-order valence-electron chi connectivity index (χ0n) is 14.5. The van der Waals surface area contributed by atoms with Crippen LogP contribution in [0.2, 0.25) is 10.0 Å². The van der Waals surface area contributed by atoms with E-state index in [1.54, 1.807) is 17.4 Å². The number of rotatable bonds is 5. The van der Waals surface area contributed by atoms with Gasteiger partial charge >= 0.3 is 0 Å². The van der Waals surface area contributed by atoms with E-state index < -0.39 is 0 Å². The third-order valence-electron chi connectivity index (χ3n) is 4.50. The highest BCUT2D eigenvalue weighted by atomic mass is 35.5. The summed E-state index contributed by atoms with van der Waals surface area (Å²) in [4.78, 5) is 16.2. The van der Waals surface area contributed by atoms with Crippen LogP contribution < -0.4 is 5.32 Å². The monoisotopic (exact) mass is 397 g/mol. The SMILES string of the molecule is CC(C)C[NH2+]CC(=O)N1CCc2sccc2[C@H]1c1ccc(Cl)cc1Cl. The van der Waals surface area contributed by atoms with Gasteiger partial charge in [-0.25, -0.2) is 0 Å². The number of nitrogens with zero attached hydrogens (tertiary/aromatic N) is 1. The highest BCUT2D eigenvalue weighted by Crippen LogP contribution is 2.40. The fraction of sp³-hybridized carbons (Fsp3) is 0.421. The highest BCUT2D eigenvalue weighted by Gasteiger charge is 2.34. The maximum absolute atomic E-state index is 12.9. The lowest BCUT2D eigenvalue weighted by molar-refractivity contribution is -0.649. The lowest BCUT2D eigenvalue weighted by atomic mass is 9.93. The third kappa shape index (κ3) is 4.20. The van der Waals surface area contributed by atoms with Crippen LogP contribution in [0.1, 0.15) is 35.9 Å². The normalized spacial score (nSPS) is 17.0. The fourth-order valence-electron chi connectivity index (χ4n) is 3.30. The molecule has 0 fully saturated rings. The first-order valence-electron chi connectivity index (χ1n) is 8.59. The van der Waals surface area contributed by atoms with Crippen LogP contribution in [0, 0.1) is 5.92 Å². The molecule has 134 valence electrons. The Labute approximate surface area is 162 Å². The van der Waals surface area contributed by atoms with E-state index in [-0.39, 0.29) is 11.9 Å². The molecule has 1 amide bonds. The van der Waals surface area contributed by atoms with Crippen molar-refractivity contribution in [3.05, 3.63) is 55.7 Å². The van der Waals surface area contributed by atoms with E-state index in [1.807, 2.05) is 17.0 Å². The summed E-state index contributed by atoms with van der Waals surface area (Å²) in [5.41, 5.74) is 2.14. The van der Waals surface area contributed by atoms with E-state index in [4.69, 9.17) is 23.2 Å². The van der Waals surface area contributed by atoms with Gasteiger partial charge in [0.1, 0.15) is 0 Å². The predicted molar refractivity (Wildman–Crippen MR) is 105 cm³/mol. The molecule has 1 atom stereocenters. The maximum Gasteiger partial charge on any atom is 0.278 e. The lowest BCUT2D eigenvalue weighted by Gasteiger charge is -2.36. The molecule has 0 spiro atoms. The first-order chi connectivity index (χ1) is 12.0. The number of benzene rings is 1. The smallest absolute Gasteiger partial charge is 0.278 e. The first-order valence-corrected chi connectivity index (χ1v) is 10.2. The van der Waals surface area contributed by atoms with Crippen molar-refractivity contribution in [2.75, 3.05) is 19.6 Å². The number of amides is 1. The topological polar surface area (TPSA) is 36.9 Å². The molecular weight excluding hydrogens is 375 g/mol. The Morgan fingerprint density at radius 1 is 1.32 bits per heavy atom. The number of carbonyl (C=O) groups excluding carboxylic acids is 1. The molecule has 2 N–H and O–H groups in total. The molecule has 0 bridgehead atoms. The van der Waals surface area contributed by atoms with Crippen LogP contribution in [0.25, 0.3) is 0 Å². The van der Waals surface area contributed by atoms with Crippen molar-refractivity contribution in [1.82, 2.24) is 4.90 Å². The van der Waals surface area contributed by atoms with E-state index in [2.05, 4.69) is 30.6 Å². The molecule has 3 nitrogen and oxygen atoms in total. The number of carbonyl (C=O) groups is 1. The Kier molecular flexibility index (Phi) is 6.05. The van der Waals surface area contributed by atoms with Crippen LogP contribution in [0.15, 0.2) is 29.6 Å². The van der Waals surface area contributed by atoms with Crippen molar-refractivity contribution in [3.63, 3.8) is 0 Å². The summed E-state index contributed by atoms with van der Waals surface area (Å²) in [5, 5.41) is 5.41. The van der Waals surface area contributed by atoms with Gasteiger partial charge < -0.3 is 10.2 Å². The number of fused-ring (bicyclic) bond motifs is 1. The molecule has 2 heterocycles. The minimum atomic E-state index is -0.125. The molecule has 1 aliphatic heterocycles. The first kappa shape index (κ1) is 18.7. The molecule has 6 heteroatoms. The summed E-state index contributed by atoms with van der Waals surface area (Å²) < 4.78 is 0. The van der Waals surface area contributed by atoms with Crippen LogP contribution in [-0.4, -0.2) is 30.4 Å². The molecule has 25 heavy (non-hydrogen) atoms. The number of hydrogen-bond acceptors (Lipinski definition) is 2. The van der Waals surface area contributed by atoms with Gasteiger partial charge in [-0.1, -0.05) is 43.1 Å². The average Bonchev–Trinajstić information content (AvgIpc) is 3.02. The number of quaternary nitrogens is 1. The van der Waals surface area contributed by atoms with Crippen LogP contribution in [-0.2, 0) is 11.2 Å². The Hall–Kier alpha value is -1.07. The Bertz CT molecular complexity index is 760. The van der Waals surface area contributed by atoms with E-state index in [0.29, 0.717) is 22.5 Å². The van der Waals surface area contributed by atoms with Crippen molar-refractivity contribution in [1.29, 1.82) is 0 Å². The second-order valence-corrected chi connectivity index (χ2v) is 8.67. The summed E-state index contributed by atoms with van der Waals surface area (Å²) in [6.45, 7) is 6.48. The minimum Gasteiger partial charge on any atom is -0.338 e. The van der Waals surface area contributed by atoms with Crippen LogP contribution in [0.3, 0.4) is 0 Å². The molecule has 0 aliphatic carbocycles. The molecule has 0 unspecified atom stereocenters. The highest BCUT2D eigenvalue weighted by molar-refractivity contribution is 7.10. The van der Waals surface area contributed by atoms with E-state index in [1.165, 1.54) is 10.4 Å². The van der Waals surface area contributed by atoms with Gasteiger partial charge in [-0.2, -0.15) is 0 Å². The molecule has 3 rings (SSSR count). The van der Waals surface area contributed by atoms with Gasteiger partial charge in [-0.05, 0) is 41.1 Å². The standard InChI is InChI=1S/C19H22Cl2N2OS/c1-12(2)10-22-11-18(24)23-7-5-17-15(6-8-25-17)19(23)14-4-3-13(20)9-16(14)21/h3-4,6,8-9,12,19,22H,5,7,10-11H2,1-2H3/p+1/t19-/m1/s1. The Morgan fingerprint density at radius 2 is 2.12 bits per heavy atom. The van der Waals surface area contributed by atoms with E-state index >= 15 is 0 Å². The number of hydrogen-bond donors (Lipinski definition) is 1. The molecule has 0 radical (unpaired) electrons. The number of thiophene rings is 1. The quantitative estimate of drug-likeness (QED) is 0.819. The van der Waals surface area contributed by atoms with Gasteiger partial charge in [0.15, 0.2) is 6.54 Å². The third-order valence-corrected chi connectivity index (χ3v) is 6.06. The molecule has 1 aromatic carbocycles. The van der Waals surface area contributed by atoms with Gasteiger partial charge in [-0.15, -0.1) is 11.3 Å². The molecule has 1 aliphatic rings. The number of nitrogens with two attached hydrogens (primary N) is 1.